The quantitative estimate of drug-likeness (QED) is 0.705. The molecule has 1 heterocycles. The zero-order valence-corrected chi connectivity index (χ0v) is 10.4. The van der Waals surface area contributed by atoms with Crippen molar-refractivity contribution in [1.82, 2.24) is 15.0 Å². The number of para-hydroxylation sites is 1. The molecule has 0 spiro atoms. The predicted octanol–water partition coefficient (Wildman–Crippen LogP) is 2.81. The van der Waals surface area contributed by atoms with E-state index in [1.165, 1.54) is 17.1 Å². The molecular formula is C13H12N4S. The number of hydrazine groups is 1. The van der Waals surface area contributed by atoms with Gasteiger partial charge in [-0.25, -0.2) is 5.43 Å². The third-order valence-electron chi connectivity index (χ3n) is 2.61. The van der Waals surface area contributed by atoms with Crippen LogP contribution in [0.2, 0.25) is 0 Å². The van der Waals surface area contributed by atoms with E-state index in [1.54, 1.807) is 0 Å². The lowest BCUT2D eigenvalue weighted by atomic mass is 10.2. The van der Waals surface area contributed by atoms with Crippen LogP contribution in [0.4, 0.5) is 5.69 Å². The summed E-state index contributed by atoms with van der Waals surface area (Å²) in [5.74, 6) is 0. The number of nitrogens with one attached hydrogen (secondary N) is 2. The largest absolute Gasteiger partial charge is 0.321 e. The lowest BCUT2D eigenvalue weighted by Gasteiger charge is -2.08. The highest BCUT2D eigenvalue weighted by atomic mass is 32.1. The molecule has 18 heavy (non-hydrogen) atoms. The Hall–Kier alpha value is -1.98. The van der Waals surface area contributed by atoms with Gasteiger partial charge in [-0.05, 0) is 41.4 Å². The van der Waals surface area contributed by atoms with E-state index in [0.717, 1.165) is 22.4 Å². The Morgan fingerprint density at radius 1 is 1.06 bits per heavy atom. The molecule has 0 saturated heterocycles. The number of fused-ring (bicyclic) bond motifs is 1. The fourth-order valence-corrected chi connectivity index (χ4v) is 2.25. The number of aromatic nitrogens is 2. The second kappa shape index (κ2) is 5.12. The summed E-state index contributed by atoms with van der Waals surface area (Å²) in [4.78, 5) is 0. The third-order valence-corrected chi connectivity index (χ3v) is 3.32. The van der Waals surface area contributed by atoms with Crippen LogP contribution >= 0.6 is 11.5 Å². The molecule has 0 radical (unpaired) electrons. The van der Waals surface area contributed by atoms with Gasteiger partial charge in [0.05, 0.1) is 4.70 Å². The van der Waals surface area contributed by atoms with Crippen molar-refractivity contribution in [2.75, 3.05) is 5.43 Å². The highest BCUT2D eigenvalue weighted by Gasteiger charge is 1.99. The first-order valence-corrected chi connectivity index (χ1v) is 6.44. The summed E-state index contributed by atoms with van der Waals surface area (Å²) in [6.07, 6.45) is 0. The molecule has 0 unspecified atom stereocenters. The van der Waals surface area contributed by atoms with Gasteiger partial charge in [0.1, 0.15) is 5.52 Å². The van der Waals surface area contributed by atoms with Crippen molar-refractivity contribution in [3.63, 3.8) is 0 Å². The van der Waals surface area contributed by atoms with E-state index in [-0.39, 0.29) is 0 Å². The Bertz CT molecular complexity index is 636. The third kappa shape index (κ3) is 2.47. The molecular weight excluding hydrogens is 244 g/mol. The van der Waals surface area contributed by atoms with E-state index in [4.69, 9.17) is 0 Å². The number of anilines is 1. The maximum Gasteiger partial charge on any atom is 0.106 e. The fourth-order valence-electron chi connectivity index (χ4n) is 1.71. The summed E-state index contributed by atoms with van der Waals surface area (Å²) in [6, 6.07) is 16.2. The van der Waals surface area contributed by atoms with Gasteiger partial charge in [0.15, 0.2) is 0 Å². The Morgan fingerprint density at radius 2 is 1.94 bits per heavy atom. The maximum atomic E-state index is 4.07. The number of rotatable bonds is 4. The van der Waals surface area contributed by atoms with E-state index in [2.05, 4.69) is 38.6 Å². The Morgan fingerprint density at radius 3 is 2.83 bits per heavy atom. The second-order valence-corrected chi connectivity index (χ2v) is 4.71. The van der Waals surface area contributed by atoms with Crippen LogP contribution in [0.1, 0.15) is 5.56 Å². The van der Waals surface area contributed by atoms with E-state index < -0.39 is 0 Å². The molecule has 0 amide bonds. The SMILES string of the molecule is c1ccc(NNCc2ccc3snnc3c2)cc1. The van der Waals surface area contributed by atoms with Gasteiger partial charge in [0.25, 0.3) is 0 Å². The monoisotopic (exact) mass is 256 g/mol. The van der Waals surface area contributed by atoms with Gasteiger partial charge in [0.2, 0.25) is 0 Å². The molecule has 2 N–H and O–H groups in total. The average molecular weight is 256 g/mol. The van der Waals surface area contributed by atoms with E-state index >= 15 is 0 Å². The first kappa shape index (κ1) is 11.1. The summed E-state index contributed by atoms with van der Waals surface area (Å²) >= 11 is 1.42. The van der Waals surface area contributed by atoms with Crippen LogP contribution in [-0.4, -0.2) is 9.59 Å². The Labute approximate surface area is 109 Å². The summed E-state index contributed by atoms with van der Waals surface area (Å²) in [5.41, 5.74) is 9.52. The molecule has 4 nitrogen and oxygen atoms in total. The number of hydrogen-bond acceptors (Lipinski definition) is 5. The number of hydrogen-bond donors (Lipinski definition) is 2. The second-order valence-electron chi connectivity index (χ2n) is 3.92. The van der Waals surface area contributed by atoms with E-state index in [0.29, 0.717) is 0 Å². The van der Waals surface area contributed by atoms with Gasteiger partial charge in [0, 0.05) is 12.2 Å². The van der Waals surface area contributed by atoms with Crippen LogP contribution in [0.25, 0.3) is 10.2 Å². The van der Waals surface area contributed by atoms with Crippen molar-refractivity contribution in [1.29, 1.82) is 0 Å². The first-order valence-electron chi connectivity index (χ1n) is 5.67. The summed E-state index contributed by atoms with van der Waals surface area (Å²) < 4.78 is 5.05. The highest BCUT2D eigenvalue weighted by Crippen LogP contribution is 2.16. The van der Waals surface area contributed by atoms with Crippen molar-refractivity contribution in [2.45, 2.75) is 6.54 Å². The molecule has 0 fully saturated rings. The zero-order chi connectivity index (χ0) is 12.2. The number of benzene rings is 2. The molecule has 0 aliphatic rings. The fraction of sp³-hybridized carbons (Fsp3) is 0.0769. The minimum absolute atomic E-state index is 0.738. The topological polar surface area (TPSA) is 49.8 Å². The molecule has 5 heteroatoms. The molecule has 3 aromatic rings. The minimum atomic E-state index is 0.738. The van der Waals surface area contributed by atoms with Crippen LogP contribution in [0.3, 0.4) is 0 Å². The normalized spacial score (nSPS) is 10.7. The van der Waals surface area contributed by atoms with Gasteiger partial charge in [-0.1, -0.05) is 28.8 Å². The minimum Gasteiger partial charge on any atom is -0.321 e. The van der Waals surface area contributed by atoms with Crippen molar-refractivity contribution >= 4 is 27.4 Å². The van der Waals surface area contributed by atoms with Crippen LogP contribution in [-0.2, 0) is 6.54 Å². The van der Waals surface area contributed by atoms with Gasteiger partial charge < -0.3 is 5.43 Å². The summed E-state index contributed by atoms with van der Waals surface area (Å²) in [6.45, 7) is 0.738. The molecule has 0 bridgehead atoms. The molecule has 0 aliphatic heterocycles. The van der Waals surface area contributed by atoms with Gasteiger partial charge in [-0.2, -0.15) is 0 Å². The standard InChI is InChI=1S/C13H12N4S/c1-2-4-11(5-3-1)15-14-9-10-6-7-13-12(8-10)16-17-18-13/h1-8,14-15H,9H2. The van der Waals surface area contributed by atoms with E-state index in [9.17, 15) is 0 Å². The smallest absolute Gasteiger partial charge is 0.106 e. The van der Waals surface area contributed by atoms with Crippen molar-refractivity contribution in [3.05, 3.63) is 54.1 Å². The molecule has 0 atom stereocenters. The van der Waals surface area contributed by atoms with Crippen LogP contribution in [0.5, 0.6) is 0 Å². The van der Waals surface area contributed by atoms with Gasteiger partial charge in [-0.3, -0.25) is 0 Å². The molecule has 2 aromatic carbocycles. The molecule has 0 saturated carbocycles. The molecule has 1 aromatic heterocycles. The zero-order valence-electron chi connectivity index (χ0n) is 9.63. The first-order chi connectivity index (χ1) is 8.92. The predicted molar refractivity (Wildman–Crippen MR) is 74.3 cm³/mol. The molecule has 3 rings (SSSR count). The molecule has 0 aliphatic carbocycles. The summed E-state index contributed by atoms with van der Waals surface area (Å²) in [7, 11) is 0. The van der Waals surface area contributed by atoms with Crippen molar-refractivity contribution in [2.24, 2.45) is 0 Å². The highest BCUT2D eigenvalue weighted by molar-refractivity contribution is 7.12. The van der Waals surface area contributed by atoms with Gasteiger partial charge in [-0.15, -0.1) is 5.10 Å². The van der Waals surface area contributed by atoms with Crippen molar-refractivity contribution < 1.29 is 0 Å². The Kier molecular flexibility index (Phi) is 3.16. The molecule has 90 valence electrons. The lowest BCUT2D eigenvalue weighted by Crippen LogP contribution is -2.20. The lowest BCUT2D eigenvalue weighted by molar-refractivity contribution is 0.802. The van der Waals surface area contributed by atoms with Gasteiger partial charge >= 0.3 is 0 Å². The maximum absolute atomic E-state index is 4.07. The summed E-state index contributed by atoms with van der Waals surface area (Å²) in [5, 5.41) is 4.07. The van der Waals surface area contributed by atoms with Crippen LogP contribution < -0.4 is 10.9 Å². The number of nitrogens with zero attached hydrogens (tertiary/aromatic N) is 2. The Balaban J connectivity index is 1.62. The van der Waals surface area contributed by atoms with E-state index in [1.807, 2.05) is 30.3 Å². The van der Waals surface area contributed by atoms with Crippen molar-refractivity contribution in [3.8, 4) is 0 Å². The average Bonchev–Trinajstić information content (AvgIpc) is 2.87. The van der Waals surface area contributed by atoms with Crippen LogP contribution in [0, 0.1) is 0 Å². The van der Waals surface area contributed by atoms with Crippen LogP contribution in [0.15, 0.2) is 48.5 Å².